The van der Waals surface area contributed by atoms with Crippen molar-refractivity contribution in [2.75, 3.05) is 32.8 Å². The normalized spacial score (nSPS) is 15.1. The van der Waals surface area contributed by atoms with Gasteiger partial charge in [-0.2, -0.15) is 0 Å². The summed E-state index contributed by atoms with van der Waals surface area (Å²) in [4.78, 5) is 14.6. The van der Waals surface area contributed by atoms with Crippen LogP contribution in [0.25, 0.3) is 0 Å². The molecule has 0 unspecified atom stereocenters. The van der Waals surface area contributed by atoms with Crippen LogP contribution in [0.3, 0.4) is 0 Å². The molecule has 1 fully saturated rings. The zero-order valence-corrected chi connectivity index (χ0v) is 16.9. The highest BCUT2D eigenvalue weighted by Gasteiger charge is 2.14. The minimum Gasteiger partial charge on any atom is -0.492 e. The van der Waals surface area contributed by atoms with E-state index >= 15 is 0 Å². The smallest absolute Gasteiger partial charge is 0.260 e. The van der Waals surface area contributed by atoms with E-state index in [4.69, 9.17) is 9.47 Å². The molecule has 2 aromatic carbocycles. The number of nitrogens with zero attached hydrogens (tertiary/aromatic N) is 1. The number of carbonyl (C=O) groups is 1. The van der Waals surface area contributed by atoms with Gasteiger partial charge in [0.2, 0.25) is 0 Å². The first-order chi connectivity index (χ1) is 14.1. The zero-order valence-electron chi connectivity index (χ0n) is 16.9. The van der Waals surface area contributed by atoms with Gasteiger partial charge in [-0.3, -0.25) is 9.69 Å². The number of halogens is 1. The Hall–Kier alpha value is -2.60. The van der Waals surface area contributed by atoms with Crippen molar-refractivity contribution in [2.45, 2.75) is 32.3 Å². The van der Waals surface area contributed by atoms with Crippen LogP contribution >= 0.6 is 0 Å². The van der Waals surface area contributed by atoms with Gasteiger partial charge >= 0.3 is 0 Å². The van der Waals surface area contributed by atoms with Gasteiger partial charge < -0.3 is 14.8 Å². The Bertz CT molecular complexity index is 776. The Morgan fingerprint density at radius 1 is 1.14 bits per heavy atom. The predicted molar refractivity (Wildman–Crippen MR) is 111 cm³/mol. The molecule has 0 bridgehead atoms. The molecule has 0 aliphatic carbocycles. The topological polar surface area (TPSA) is 50.8 Å². The lowest BCUT2D eigenvalue weighted by molar-refractivity contribution is -0.127. The van der Waals surface area contributed by atoms with Gasteiger partial charge in [-0.25, -0.2) is 4.39 Å². The standard InChI is InChI=1S/C23H29FN2O3/c1-18(29-22-6-4-5-20(24)17-22)23(27)25-12-11-19-7-9-21(10-8-19)28-16-15-26-13-2-3-14-26/h4-10,17-18H,2-3,11-16H2,1H3,(H,25,27)/t18-/m0/s1. The van der Waals surface area contributed by atoms with E-state index < -0.39 is 11.9 Å². The largest absolute Gasteiger partial charge is 0.492 e. The quantitative estimate of drug-likeness (QED) is 0.664. The Labute approximate surface area is 171 Å². The van der Waals surface area contributed by atoms with Crippen molar-refractivity contribution in [1.29, 1.82) is 0 Å². The van der Waals surface area contributed by atoms with Crippen LogP contribution in [0.1, 0.15) is 25.3 Å². The van der Waals surface area contributed by atoms with E-state index in [9.17, 15) is 9.18 Å². The second-order valence-electron chi connectivity index (χ2n) is 7.30. The van der Waals surface area contributed by atoms with E-state index in [0.717, 1.165) is 17.9 Å². The average molecular weight is 400 g/mol. The summed E-state index contributed by atoms with van der Waals surface area (Å²) in [5.41, 5.74) is 1.12. The Morgan fingerprint density at radius 3 is 2.62 bits per heavy atom. The molecule has 0 spiro atoms. The molecule has 6 heteroatoms. The minimum absolute atomic E-state index is 0.226. The first-order valence-electron chi connectivity index (χ1n) is 10.2. The maximum Gasteiger partial charge on any atom is 0.260 e. The van der Waals surface area contributed by atoms with Crippen LogP contribution in [0.15, 0.2) is 48.5 Å². The van der Waals surface area contributed by atoms with E-state index in [1.807, 2.05) is 24.3 Å². The SMILES string of the molecule is C[C@H](Oc1cccc(F)c1)C(=O)NCCc1ccc(OCCN2CCCC2)cc1. The third-order valence-corrected chi connectivity index (χ3v) is 4.99. The van der Waals surface area contributed by atoms with Crippen LogP contribution in [0, 0.1) is 5.82 Å². The van der Waals surface area contributed by atoms with Crippen LogP contribution in [-0.2, 0) is 11.2 Å². The van der Waals surface area contributed by atoms with E-state index in [-0.39, 0.29) is 5.91 Å². The molecule has 5 nitrogen and oxygen atoms in total. The number of rotatable bonds is 10. The van der Waals surface area contributed by atoms with Gasteiger partial charge in [-0.05, 0) is 69.1 Å². The number of carbonyl (C=O) groups excluding carboxylic acids is 1. The van der Waals surface area contributed by atoms with Gasteiger partial charge in [0.05, 0.1) is 0 Å². The highest BCUT2D eigenvalue weighted by Crippen LogP contribution is 2.15. The molecule has 0 saturated carbocycles. The third-order valence-electron chi connectivity index (χ3n) is 4.99. The molecule has 29 heavy (non-hydrogen) atoms. The lowest BCUT2D eigenvalue weighted by atomic mass is 10.1. The van der Waals surface area contributed by atoms with E-state index in [0.29, 0.717) is 25.3 Å². The molecular formula is C23H29FN2O3. The molecule has 1 saturated heterocycles. The Morgan fingerprint density at radius 2 is 1.90 bits per heavy atom. The molecule has 1 atom stereocenters. The summed E-state index contributed by atoms with van der Waals surface area (Å²) in [5, 5.41) is 2.85. The number of amides is 1. The summed E-state index contributed by atoms with van der Waals surface area (Å²) >= 11 is 0. The van der Waals surface area contributed by atoms with Gasteiger partial charge in [-0.15, -0.1) is 0 Å². The first-order valence-corrected chi connectivity index (χ1v) is 10.2. The highest BCUT2D eigenvalue weighted by molar-refractivity contribution is 5.80. The molecule has 1 aliphatic rings. The molecule has 156 valence electrons. The zero-order chi connectivity index (χ0) is 20.5. The number of hydrogen-bond donors (Lipinski definition) is 1. The van der Waals surface area contributed by atoms with Crippen LogP contribution in [0.4, 0.5) is 4.39 Å². The molecule has 3 rings (SSSR count). The second-order valence-corrected chi connectivity index (χ2v) is 7.30. The summed E-state index contributed by atoms with van der Waals surface area (Å²) in [5.74, 6) is 0.594. The fourth-order valence-corrected chi connectivity index (χ4v) is 3.32. The first kappa shape index (κ1) is 21.1. The molecule has 1 aliphatic heterocycles. The van der Waals surface area contributed by atoms with Crippen LogP contribution in [-0.4, -0.2) is 49.7 Å². The lowest BCUT2D eigenvalue weighted by Gasteiger charge is -2.15. The fraction of sp³-hybridized carbons (Fsp3) is 0.435. The molecule has 1 N–H and O–H groups in total. The van der Waals surface area contributed by atoms with E-state index in [2.05, 4.69) is 10.2 Å². The summed E-state index contributed by atoms with van der Waals surface area (Å²) < 4.78 is 24.5. The minimum atomic E-state index is -0.691. The Balaban J connectivity index is 1.34. The molecule has 2 aromatic rings. The van der Waals surface area contributed by atoms with Crippen molar-refractivity contribution in [3.63, 3.8) is 0 Å². The fourth-order valence-electron chi connectivity index (χ4n) is 3.32. The van der Waals surface area contributed by atoms with Crippen LogP contribution in [0.5, 0.6) is 11.5 Å². The van der Waals surface area contributed by atoms with Crippen molar-refractivity contribution in [3.05, 3.63) is 59.9 Å². The van der Waals surface area contributed by atoms with Gasteiger partial charge in [0.25, 0.3) is 5.91 Å². The molecule has 0 aromatic heterocycles. The Kier molecular flexibility index (Phi) is 7.87. The lowest BCUT2D eigenvalue weighted by Crippen LogP contribution is -2.37. The van der Waals surface area contributed by atoms with Crippen molar-refractivity contribution in [2.24, 2.45) is 0 Å². The number of benzene rings is 2. The predicted octanol–water partition coefficient (Wildman–Crippen LogP) is 3.43. The summed E-state index contributed by atoms with van der Waals surface area (Å²) in [6.45, 7) is 6.20. The second kappa shape index (κ2) is 10.8. The number of hydrogen-bond acceptors (Lipinski definition) is 4. The number of nitrogens with one attached hydrogen (secondary N) is 1. The van der Waals surface area contributed by atoms with Crippen LogP contribution in [0.2, 0.25) is 0 Å². The van der Waals surface area contributed by atoms with E-state index in [1.165, 1.54) is 38.1 Å². The van der Waals surface area contributed by atoms with Crippen molar-refractivity contribution in [3.8, 4) is 11.5 Å². The molecule has 1 amide bonds. The van der Waals surface area contributed by atoms with Gasteiger partial charge in [0, 0.05) is 19.2 Å². The number of ether oxygens (including phenoxy) is 2. The van der Waals surface area contributed by atoms with E-state index in [1.54, 1.807) is 19.1 Å². The van der Waals surface area contributed by atoms with Crippen molar-refractivity contribution >= 4 is 5.91 Å². The molecular weight excluding hydrogens is 371 g/mol. The van der Waals surface area contributed by atoms with Gasteiger partial charge in [0.15, 0.2) is 6.10 Å². The summed E-state index contributed by atoms with van der Waals surface area (Å²) in [7, 11) is 0. The maximum atomic E-state index is 13.2. The summed E-state index contributed by atoms with van der Waals surface area (Å²) in [6, 6.07) is 13.7. The highest BCUT2D eigenvalue weighted by atomic mass is 19.1. The molecule has 0 radical (unpaired) electrons. The maximum absolute atomic E-state index is 13.2. The third kappa shape index (κ3) is 7.06. The number of likely N-dealkylation sites (tertiary alicyclic amines) is 1. The molecule has 1 heterocycles. The monoisotopic (exact) mass is 400 g/mol. The van der Waals surface area contributed by atoms with Crippen LogP contribution < -0.4 is 14.8 Å². The van der Waals surface area contributed by atoms with Gasteiger partial charge in [0.1, 0.15) is 23.9 Å². The average Bonchev–Trinajstić information content (AvgIpc) is 3.22. The summed E-state index contributed by atoms with van der Waals surface area (Å²) in [6.07, 6.45) is 2.61. The van der Waals surface area contributed by atoms with Gasteiger partial charge in [-0.1, -0.05) is 18.2 Å². The van der Waals surface area contributed by atoms with Crippen molar-refractivity contribution in [1.82, 2.24) is 10.2 Å². The van der Waals surface area contributed by atoms with Crippen molar-refractivity contribution < 1.29 is 18.7 Å².